The van der Waals surface area contributed by atoms with Crippen LogP contribution in [-0.4, -0.2) is 44.4 Å². The Morgan fingerprint density at radius 1 is 1.42 bits per heavy atom. The van der Waals surface area contributed by atoms with Crippen LogP contribution < -0.4 is 10.5 Å². The monoisotopic (exact) mass is 357 g/mol. The van der Waals surface area contributed by atoms with Gasteiger partial charge in [0.05, 0.1) is 6.04 Å². The van der Waals surface area contributed by atoms with E-state index in [2.05, 4.69) is 4.72 Å². The minimum absolute atomic E-state index is 0.00744. The first-order valence-corrected chi connectivity index (χ1v) is 9.34. The van der Waals surface area contributed by atoms with E-state index in [0.717, 1.165) is 12.1 Å². The summed E-state index contributed by atoms with van der Waals surface area (Å²) < 4.78 is 40.5. The maximum Gasteiger partial charge on any atom is 0.244 e. The number of nitrogens with two attached hydrogens (primary N) is 1. The molecule has 1 heterocycles. The third-order valence-electron chi connectivity index (χ3n) is 4.45. The van der Waals surface area contributed by atoms with Gasteiger partial charge < -0.3 is 10.6 Å². The Hall–Kier alpha value is -1.51. The molecule has 1 fully saturated rings. The highest BCUT2D eigenvalue weighted by Gasteiger charge is 2.37. The van der Waals surface area contributed by atoms with Crippen molar-refractivity contribution in [3.63, 3.8) is 0 Å². The number of benzene rings is 1. The summed E-state index contributed by atoms with van der Waals surface area (Å²) in [5.41, 5.74) is 5.82. The van der Waals surface area contributed by atoms with Crippen molar-refractivity contribution in [2.24, 2.45) is 11.1 Å². The Morgan fingerprint density at radius 3 is 2.62 bits per heavy atom. The number of sulfonamides is 1. The highest BCUT2D eigenvalue weighted by Crippen LogP contribution is 2.28. The van der Waals surface area contributed by atoms with E-state index in [1.165, 1.54) is 19.1 Å². The molecule has 8 heteroatoms. The molecule has 1 saturated heterocycles. The molecule has 1 aliphatic heterocycles. The van der Waals surface area contributed by atoms with Crippen LogP contribution in [0.2, 0.25) is 0 Å². The lowest BCUT2D eigenvalue weighted by atomic mass is 9.79. The zero-order valence-electron chi connectivity index (χ0n) is 14.1. The van der Waals surface area contributed by atoms with Gasteiger partial charge in [0.2, 0.25) is 15.9 Å². The van der Waals surface area contributed by atoms with E-state index in [-0.39, 0.29) is 17.4 Å². The first-order valence-electron chi connectivity index (χ1n) is 7.86. The molecule has 0 bridgehead atoms. The normalized spacial score (nSPS) is 22.2. The highest BCUT2D eigenvalue weighted by molar-refractivity contribution is 7.89. The highest BCUT2D eigenvalue weighted by atomic mass is 32.2. The molecule has 134 valence electrons. The number of hydrogen-bond acceptors (Lipinski definition) is 4. The number of nitrogens with zero attached hydrogens (tertiary/aromatic N) is 1. The number of likely N-dealkylation sites (tertiary alicyclic amines) is 1. The number of halogens is 1. The van der Waals surface area contributed by atoms with Gasteiger partial charge in [-0.15, -0.1) is 0 Å². The summed E-state index contributed by atoms with van der Waals surface area (Å²) in [4.78, 5) is 13.7. The summed E-state index contributed by atoms with van der Waals surface area (Å²) in [5, 5.41) is 0. The molecule has 0 aromatic heterocycles. The van der Waals surface area contributed by atoms with Crippen molar-refractivity contribution in [2.45, 2.75) is 44.2 Å². The summed E-state index contributed by atoms with van der Waals surface area (Å²) >= 11 is 0. The molecule has 0 spiro atoms. The van der Waals surface area contributed by atoms with Crippen molar-refractivity contribution in [2.75, 3.05) is 13.1 Å². The van der Waals surface area contributed by atoms with Crippen molar-refractivity contribution in [3.8, 4) is 0 Å². The van der Waals surface area contributed by atoms with Crippen LogP contribution in [0, 0.1) is 11.2 Å². The van der Waals surface area contributed by atoms with Crippen LogP contribution in [0.4, 0.5) is 4.39 Å². The quantitative estimate of drug-likeness (QED) is 0.843. The molecule has 1 amide bonds. The number of piperidine rings is 1. The minimum atomic E-state index is -4.11. The fraction of sp³-hybridized carbons (Fsp3) is 0.562. The zero-order valence-corrected chi connectivity index (χ0v) is 14.9. The standard InChI is InChI=1S/C16H24FN3O3S/c1-11(15(21)20-9-8-14(18)16(2,3)10-20)19-24(22,23)13-7-5-4-6-12(13)17/h4-7,11,14,19H,8-10,18H2,1-3H3. The molecule has 2 rings (SSSR count). The second-order valence-corrected chi connectivity index (χ2v) is 8.60. The van der Waals surface area contributed by atoms with Gasteiger partial charge in [0.1, 0.15) is 10.7 Å². The van der Waals surface area contributed by atoms with Crippen molar-refractivity contribution in [1.29, 1.82) is 0 Å². The van der Waals surface area contributed by atoms with E-state index in [9.17, 15) is 17.6 Å². The molecule has 24 heavy (non-hydrogen) atoms. The lowest BCUT2D eigenvalue weighted by molar-refractivity contribution is -0.136. The van der Waals surface area contributed by atoms with Crippen LogP contribution in [0.1, 0.15) is 27.2 Å². The molecule has 0 saturated carbocycles. The molecule has 6 nitrogen and oxygen atoms in total. The predicted molar refractivity (Wildman–Crippen MR) is 89.1 cm³/mol. The largest absolute Gasteiger partial charge is 0.341 e. The second kappa shape index (κ2) is 6.78. The van der Waals surface area contributed by atoms with Gasteiger partial charge in [0, 0.05) is 19.1 Å². The molecular formula is C16H24FN3O3S. The molecule has 2 atom stereocenters. The number of amides is 1. The third-order valence-corrected chi connectivity index (χ3v) is 6.03. The number of carbonyl (C=O) groups excluding carboxylic acids is 1. The molecule has 1 aromatic rings. The Morgan fingerprint density at radius 2 is 2.04 bits per heavy atom. The van der Waals surface area contributed by atoms with E-state index < -0.39 is 26.8 Å². The Labute approximate surface area is 142 Å². The summed E-state index contributed by atoms with van der Waals surface area (Å²) in [6.45, 7) is 6.35. The maximum absolute atomic E-state index is 13.7. The van der Waals surface area contributed by atoms with Crippen molar-refractivity contribution < 1.29 is 17.6 Å². The zero-order chi connectivity index (χ0) is 18.1. The lowest BCUT2D eigenvalue weighted by Crippen LogP contribution is -2.57. The molecule has 2 unspecified atom stereocenters. The predicted octanol–water partition coefficient (Wildman–Crippen LogP) is 1.08. The van der Waals surface area contributed by atoms with Crippen LogP contribution in [0.15, 0.2) is 29.2 Å². The number of nitrogens with one attached hydrogen (secondary N) is 1. The second-order valence-electron chi connectivity index (χ2n) is 6.92. The van der Waals surface area contributed by atoms with Crippen molar-refractivity contribution >= 4 is 15.9 Å². The summed E-state index contributed by atoms with van der Waals surface area (Å²) in [7, 11) is -4.11. The van der Waals surface area contributed by atoms with Gasteiger partial charge in [-0.3, -0.25) is 4.79 Å². The molecular weight excluding hydrogens is 333 g/mol. The molecule has 1 aliphatic rings. The van der Waals surface area contributed by atoms with E-state index in [1.54, 1.807) is 4.90 Å². The fourth-order valence-electron chi connectivity index (χ4n) is 2.85. The lowest BCUT2D eigenvalue weighted by Gasteiger charge is -2.43. The Kier molecular flexibility index (Phi) is 5.31. The first kappa shape index (κ1) is 18.8. The van der Waals surface area contributed by atoms with Crippen molar-refractivity contribution in [1.82, 2.24) is 9.62 Å². The van der Waals surface area contributed by atoms with Crippen LogP contribution in [0.3, 0.4) is 0 Å². The fourth-order valence-corrected chi connectivity index (χ4v) is 4.12. The average Bonchev–Trinajstić information content (AvgIpc) is 2.49. The van der Waals surface area contributed by atoms with Crippen LogP contribution in [-0.2, 0) is 14.8 Å². The number of rotatable bonds is 4. The molecule has 1 aromatic carbocycles. The Balaban J connectivity index is 2.11. The molecule has 3 N–H and O–H groups in total. The Bertz CT molecular complexity index is 721. The van der Waals surface area contributed by atoms with Gasteiger partial charge >= 0.3 is 0 Å². The van der Waals surface area contributed by atoms with E-state index >= 15 is 0 Å². The third kappa shape index (κ3) is 3.93. The van der Waals surface area contributed by atoms with E-state index in [4.69, 9.17) is 5.73 Å². The van der Waals surface area contributed by atoms with Gasteiger partial charge in [-0.2, -0.15) is 4.72 Å². The molecule has 0 aliphatic carbocycles. The van der Waals surface area contributed by atoms with Gasteiger partial charge in [-0.25, -0.2) is 12.8 Å². The maximum atomic E-state index is 13.7. The topological polar surface area (TPSA) is 92.5 Å². The van der Waals surface area contributed by atoms with E-state index in [1.807, 2.05) is 13.8 Å². The number of carbonyl (C=O) groups is 1. The van der Waals surface area contributed by atoms with Crippen LogP contribution in [0.25, 0.3) is 0 Å². The van der Waals surface area contributed by atoms with Crippen LogP contribution >= 0.6 is 0 Å². The van der Waals surface area contributed by atoms with E-state index in [0.29, 0.717) is 19.5 Å². The molecule has 0 radical (unpaired) electrons. The summed E-state index contributed by atoms with van der Waals surface area (Å²) in [6.07, 6.45) is 0.658. The SMILES string of the molecule is CC(NS(=O)(=O)c1ccccc1F)C(=O)N1CCC(N)C(C)(C)C1. The average molecular weight is 357 g/mol. The van der Waals surface area contributed by atoms with Gasteiger partial charge in [-0.1, -0.05) is 26.0 Å². The summed E-state index contributed by atoms with van der Waals surface area (Å²) in [5.74, 6) is -1.19. The van der Waals surface area contributed by atoms with Crippen molar-refractivity contribution in [3.05, 3.63) is 30.1 Å². The minimum Gasteiger partial charge on any atom is -0.341 e. The van der Waals surface area contributed by atoms with Gasteiger partial charge in [0.25, 0.3) is 0 Å². The smallest absolute Gasteiger partial charge is 0.244 e. The summed E-state index contributed by atoms with van der Waals surface area (Å²) in [6, 6.07) is 4.07. The van der Waals surface area contributed by atoms with Crippen LogP contribution in [0.5, 0.6) is 0 Å². The van der Waals surface area contributed by atoms with Gasteiger partial charge in [-0.05, 0) is 30.9 Å². The number of hydrogen-bond donors (Lipinski definition) is 2. The van der Waals surface area contributed by atoms with Gasteiger partial charge in [0.15, 0.2) is 0 Å². The first-order chi connectivity index (χ1) is 11.0.